The molecule has 1 aromatic heterocycles. The molecule has 1 aromatic carbocycles. The predicted molar refractivity (Wildman–Crippen MR) is 92.3 cm³/mol. The topological polar surface area (TPSA) is 24.9 Å². The highest BCUT2D eigenvalue weighted by Gasteiger charge is 2.05. The van der Waals surface area contributed by atoms with Crippen LogP contribution in [0.4, 0.5) is 0 Å². The molecule has 0 saturated carbocycles. The molecular weight excluding hydrogens is 256 g/mol. The maximum Gasteiger partial charge on any atom is 0.0709 e. The summed E-state index contributed by atoms with van der Waals surface area (Å²) in [4.78, 5) is 4.74. The summed E-state index contributed by atoms with van der Waals surface area (Å²) in [6.45, 7) is 10.9. The number of pyridine rings is 1. The molecule has 2 aromatic rings. The van der Waals surface area contributed by atoms with E-state index in [2.05, 4.69) is 69.4 Å². The van der Waals surface area contributed by atoms with E-state index < -0.39 is 0 Å². The van der Waals surface area contributed by atoms with Crippen molar-refractivity contribution in [3.05, 3.63) is 47.7 Å². The second-order valence-electron chi connectivity index (χ2n) is 6.33. The molecule has 0 radical (unpaired) electrons. The third-order valence-electron chi connectivity index (χ3n) is 3.58. The molecule has 0 atom stereocenters. The molecule has 0 aliphatic heterocycles. The summed E-state index contributed by atoms with van der Waals surface area (Å²) in [5, 5.41) is 4.72. The standard InChI is InChI=1S/C19H26N2/c1-14(2)12-20-13-17(15(3)4)11-18-10-9-16-7-5-6-8-19(16)21-18/h5-11,14-15,20H,12-13H2,1-4H3. The van der Waals surface area contributed by atoms with Gasteiger partial charge in [0.05, 0.1) is 11.2 Å². The molecule has 21 heavy (non-hydrogen) atoms. The van der Waals surface area contributed by atoms with E-state index in [1.807, 2.05) is 6.07 Å². The van der Waals surface area contributed by atoms with Crippen LogP contribution < -0.4 is 5.32 Å². The molecule has 0 amide bonds. The highest BCUT2D eigenvalue weighted by atomic mass is 14.9. The Morgan fingerprint density at radius 1 is 1.10 bits per heavy atom. The van der Waals surface area contributed by atoms with Gasteiger partial charge in [0.15, 0.2) is 0 Å². The average Bonchev–Trinajstić information content (AvgIpc) is 2.45. The van der Waals surface area contributed by atoms with Crippen LogP contribution in [0.1, 0.15) is 33.4 Å². The molecular formula is C19H26N2. The highest BCUT2D eigenvalue weighted by Crippen LogP contribution is 2.16. The van der Waals surface area contributed by atoms with Crippen molar-refractivity contribution in [1.29, 1.82) is 0 Å². The van der Waals surface area contributed by atoms with Gasteiger partial charge in [0.2, 0.25) is 0 Å². The second kappa shape index (κ2) is 7.37. The Morgan fingerprint density at radius 2 is 1.86 bits per heavy atom. The van der Waals surface area contributed by atoms with E-state index >= 15 is 0 Å². The average molecular weight is 282 g/mol. The van der Waals surface area contributed by atoms with Gasteiger partial charge in [-0.2, -0.15) is 0 Å². The first-order chi connectivity index (χ1) is 10.1. The molecule has 2 heteroatoms. The Hall–Kier alpha value is -1.67. The Bertz CT molecular complexity index is 612. The number of rotatable bonds is 6. The lowest BCUT2D eigenvalue weighted by atomic mass is 10.0. The van der Waals surface area contributed by atoms with Crippen LogP contribution in [0.3, 0.4) is 0 Å². The van der Waals surface area contributed by atoms with Crippen LogP contribution in [0.25, 0.3) is 17.0 Å². The third kappa shape index (κ3) is 4.68. The summed E-state index contributed by atoms with van der Waals surface area (Å²) < 4.78 is 0. The van der Waals surface area contributed by atoms with E-state index in [-0.39, 0.29) is 0 Å². The summed E-state index contributed by atoms with van der Waals surface area (Å²) >= 11 is 0. The van der Waals surface area contributed by atoms with Gasteiger partial charge in [-0.05, 0) is 36.6 Å². The van der Waals surface area contributed by atoms with E-state index in [1.54, 1.807) is 0 Å². The van der Waals surface area contributed by atoms with Gasteiger partial charge in [0.25, 0.3) is 0 Å². The smallest absolute Gasteiger partial charge is 0.0709 e. The number of nitrogens with zero attached hydrogens (tertiary/aromatic N) is 1. The minimum atomic E-state index is 0.526. The number of hydrogen-bond acceptors (Lipinski definition) is 2. The molecule has 0 fully saturated rings. The summed E-state index contributed by atoms with van der Waals surface area (Å²) in [7, 11) is 0. The fourth-order valence-corrected chi connectivity index (χ4v) is 2.28. The van der Waals surface area contributed by atoms with Crippen LogP contribution in [0.2, 0.25) is 0 Å². The molecule has 112 valence electrons. The van der Waals surface area contributed by atoms with E-state index in [0.717, 1.165) is 24.3 Å². The van der Waals surface area contributed by atoms with E-state index in [1.165, 1.54) is 11.0 Å². The maximum atomic E-state index is 4.74. The number of nitrogens with one attached hydrogen (secondary N) is 1. The van der Waals surface area contributed by atoms with Crippen molar-refractivity contribution in [2.24, 2.45) is 11.8 Å². The van der Waals surface area contributed by atoms with Crippen molar-refractivity contribution in [2.45, 2.75) is 27.7 Å². The number of hydrogen-bond donors (Lipinski definition) is 1. The van der Waals surface area contributed by atoms with Gasteiger partial charge in [-0.1, -0.05) is 57.5 Å². The van der Waals surface area contributed by atoms with Gasteiger partial charge in [0, 0.05) is 11.9 Å². The number of para-hydroxylation sites is 1. The van der Waals surface area contributed by atoms with Gasteiger partial charge in [0.1, 0.15) is 0 Å². The zero-order valence-corrected chi connectivity index (χ0v) is 13.6. The molecule has 0 aliphatic rings. The van der Waals surface area contributed by atoms with E-state index in [4.69, 9.17) is 4.98 Å². The Balaban J connectivity index is 2.18. The van der Waals surface area contributed by atoms with Crippen molar-refractivity contribution >= 4 is 17.0 Å². The summed E-state index contributed by atoms with van der Waals surface area (Å²) in [5.74, 6) is 1.20. The fraction of sp³-hybridized carbons (Fsp3) is 0.421. The van der Waals surface area contributed by atoms with Crippen molar-refractivity contribution < 1.29 is 0 Å². The van der Waals surface area contributed by atoms with Gasteiger partial charge in [-0.3, -0.25) is 0 Å². The minimum absolute atomic E-state index is 0.526. The van der Waals surface area contributed by atoms with Crippen molar-refractivity contribution in [1.82, 2.24) is 10.3 Å². The van der Waals surface area contributed by atoms with Crippen molar-refractivity contribution in [2.75, 3.05) is 13.1 Å². The monoisotopic (exact) mass is 282 g/mol. The van der Waals surface area contributed by atoms with Gasteiger partial charge in [-0.25, -0.2) is 4.98 Å². The first kappa shape index (κ1) is 15.7. The summed E-state index contributed by atoms with van der Waals surface area (Å²) in [5.41, 5.74) is 3.51. The minimum Gasteiger partial charge on any atom is -0.313 e. The zero-order valence-electron chi connectivity index (χ0n) is 13.6. The van der Waals surface area contributed by atoms with Crippen molar-refractivity contribution in [3.8, 4) is 0 Å². The van der Waals surface area contributed by atoms with Crippen molar-refractivity contribution in [3.63, 3.8) is 0 Å². The Kier molecular flexibility index (Phi) is 5.51. The molecule has 0 bridgehead atoms. The molecule has 1 heterocycles. The molecule has 1 N–H and O–H groups in total. The van der Waals surface area contributed by atoms with Crippen LogP contribution in [0, 0.1) is 11.8 Å². The third-order valence-corrected chi connectivity index (χ3v) is 3.58. The van der Waals surface area contributed by atoms with Gasteiger partial charge >= 0.3 is 0 Å². The van der Waals surface area contributed by atoms with Gasteiger partial charge < -0.3 is 5.32 Å². The first-order valence-electron chi connectivity index (χ1n) is 7.83. The fourth-order valence-electron chi connectivity index (χ4n) is 2.28. The lowest BCUT2D eigenvalue weighted by Gasteiger charge is -2.14. The zero-order chi connectivity index (χ0) is 15.2. The second-order valence-corrected chi connectivity index (χ2v) is 6.33. The van der Waals surface area contributed by atoms with E-state index in [9.17, 15) is 0 Å². The van der Waals surface area contributed by atoms with Crippen LogP contribution in [0.5, 0.6) is 0 Å². The molecule has 0 spiro atoms. The lowest BCUT2D eigenvalue weighted by Crippen LogP contribution is -2.23. The molecule has 0 unspecified atom stereocenters. The van der Waals surface area contributed by atoms with Gasteiger partial charge in [-0.15, -0.1) is 0 Å². The predicted octanol–water partition coefficient (Wildman–Crippen LogP) is 4.52. The lowest BCUT2D eigenvalue weighted by molar-refractivity contribution is 0.558. The highest BCUT2D eigenvalue weighted by molar-refractivity contribution is 5.79. The molecule has 0 aliphatic carbocycles. The summed E-state index contributed by atoms with van der Waals surface area (Å²) in [6.07, 6.45) is 2.23. The van der Waals surface area contributed by atoms with E-state index in [0.29, 0.717) is 11.8 Å². The normalized spacial score (nSPS) is 12.6. The largest absolute Gasteiger partial charge is 0.313 e. The number of aromatic nitrogens is 1. The number of benzene rings is 1. The van der Waals surface area contributed by atoms with Crippen LogP contribution >= 0.6 is 0 Å². The quantitative estimate of drug-likeness (QED) is 0.842. The van der Waals surface area contributed by atoms with Crippen LogP contribution in [-0.4, -0.2) is 18.1 Å². The molecule has 2 nitrogen and oxygen atoms in total. The first-order valence-corrected chi connectivity index (χ1v) is 7.83. The maximum absolute atomic E-state index is 4.74. The summed E-state index contributed by atoms with van der Waals surface area (Å²) in [6, 6.07) is 12.5. The van der Waals surface area contributed by atoms with Crippen LogP contribution in [0.15, 0.2) is 42.0 Å². The number of fused-ring (bicyclic) bond motifs is 1. The SMILES string of the molecule is CC(C)CNCC(=Cc1ccc2ccccc2n1)C(C)C. The Labute approximate surface area is 128 Å². The van der Waals surface area contributed by atoms with Crippen LogP contribution in [-0.2, 0) is 0 Å². The molecule has 0 saturated heterocycles. The molecule has 2 rings (SSSR count). The Morgan fingerprint density at radius 3 is 2.57 bits per heavy atom.